The first kappa shape index (κ1) is 7.28. The van der Waals surface area contributed by atoms with E-state index in [9.17, 15) is 15.0 Å². The number of hydrogen-bond donors (Lipinski definition) is 0. The molecule has 0 amide bonds. The van der Waals surface area contributed by atoms with Crippen LogP contribution in [0.5, 0.6) is 0 Å². The van der Waals surface area contributed by atoms with E-state index in [-0.39, 0.29) is 0 Å². The molecule has 0 saturated carbocycles. The summed E-state index contributed by atoms with van der Waals surface area (Å²) in [4.78, 5) is 0. The summed E-state index contributed by atoms with van der Waals surface area (Å²) in [5.74, 6) is 0. The summed E-state index contributed by atoms with van der Waals surface area (Å²) in [5.41, 5.74) is 0. The third kappa shape index (κ3) is 6.28. The molecular weight excluding hydrogens is 230 g/mol. The molecule has 0 atom stereocenters. The summed E-state index contributed by atoms with van der Waals surface area (Å²) >= 11 is -7.69. The maximum atomic E-state index is 9.34. The third-order valence-electron chi connectivity index (χ3n) is 0.133. The van der Waals surface area contributed by atoms with Gasteiger partial charge >= 0.3 is 47.4 Å². The van der Waals surface area contributed by atoms with E-state index in [2.05, 4.69) is 2.72 Å². The van der Waals surface area contributed by atoms with Crippen LogP contribution < -0.4 is 0 Å². The SMILES string of the molecule is O=[As](=O)O[As](=O)=O. The Morgan fingerprint density at radius 2 is 1.14 bits per heavy atom. The molecule has 7 heteroatoms. The van der Waals surface area contributed by atoms with Crippen LogP contribution in [0.4, 0.5) is 0 Å². The molecule has 0 fully saturated rings. The minimum absolute atomic E-state index is 3.32. The van der Waals surface area contributed by atoms with Gasteiger partial charge in [-0.25, -0.2) is 0 Å². The van der Waals surface area contributed by atoms with Crippen molar-refractivity contribution in [1.82, 2.24) is 0 Å². The van der Waals surface area contributed by atoms with E-state index in [1.54, 1.807) is 0 Å². The summed E-state index contributed by atoms with van der Waals surface area (Å²) in [7, 11) is 0. The van der Waals surface area contributed by atoms with Gasteiger partial charge in [0.2, 0.25) is 0 Å². The molecular formula is As2O5. The Balaban J connectivity index is 3.77. The molecule has 0 spiro atoms. The van der Waals surface area contributed by atoms with E-state index >= 15 is 0 Å². The molecule has 0 bridgehead atoms. The van der Waals surface area contributed by atoms with Crippen molar-refractivity contribution in [1.29, 1.82) is 0 Å². The monoisotopic (exact) mass is 230 g/mol. The zero-order chi connectivity index (χ0) is 5.86. The molecule has 0 aromatic heterocycles. The standard InChI is InChI=1S/As2O5/c3-1(4)7-2(5)6. The molecule has 0 aliphatic carbocycles. The van der Waals surface area contributed by atoms with Crippen molar-refractivity contribution in [2.24, 2.45) is 0 Å². The van der Waals surface area contributed by atoms with Gasteiger partial charge in [0.25, 0.3) is 0 Å². The van der Waals surface area contributed by atoms with Crippen molar-refractivity contribution in [2.75, 3.05) is 0 Å². The second kappa shape index (κ2) is 3.30. The number of rotatable bonds is 2. The summed E-state index contributed by atoms with van der Waals surface area (Å²) in [6.45, 7) is 0. The molecule has 0 N–H and O–H groups in total. The molecule has 0 unspecified atom stereocenters. The van der Waals surface area contributed by atoms with Crippen LogP contribution in [0.1, 0.15) is 0 Å². The van der Waals surface area contributed by atoms with Crippen molar-refractivity contribution < 1.29 is 17.7 Å². The van der Waals surface area contributed by atoms with Crippen molar-refractivity contribution in [2.45, 2.75) is 0 Å². The molecule has 7 heavy (non-hydrogen) atoms. The molecule has 0 aromatic carbocycles. The van der Waals surface area contributed by atoms with E-state index < -0.39 is 29.7 Å². The molecule has 0 saturated heterocycles. The topological polar surface area (TPSA) is 77.5 Å². The molecule has 5 nitrogen and oxygen atoms in total. The Morgan fingerprint density at radius 3 is 1.14 bits per heavy atom. The molecule has 0 aliphatic rings. The Bertz CT molecular complexity index is 135. The van der Waals surface area contributed by atoms with Crippen LogP contribution in [0.3, 0.4) is 0 Å². The predicted molar refractivity (Wildman–Crippen MR) is 15.3 cm³/mol. The second-order valence-electron chi connectivity index (χ2n) is 0.529. The van der Waals surface area contributed by atoms with Crippen LogP contribution in [-0.2, 0) is 17.7 Å². The average Bonchev–Trinajstić information content (AvgIpc) is 1.27. The summed E-state index contributed by atoms with van der Waals surface area (Å²) < 4.78 is 40.7. The van der Waals surface area contributed by atoms with E-state index in [1.807, 2.05) is 0 Å². The zero-order valence-corrected chi connectivity index (χ0v) is 6.69. The fourth-order valence-corrected chi connectivity index (χ4v) is 1.47. The third-order valence-corrected chi connectivity index (χ3v) is 3.60. The molecule has 0 heterocycles. The van der Waals surface area contributed by atoms with Crippen molar-refractivity contribution >= 4 is 29.7 Å². The number of hydrogen-bond acceptors (Lipinski definition) is 5. The van der Waals surface area contributed by atoms with E-state index in [4.69, 9.17) is 0 Å². The fraction of sp³-hybridized carbons (Fsp3) is 0. The fourth-order valence-electron chi connectivity index (χ4n) is 0.0544. The van der Waals surface area contributed by atoms with Gasteiger partial charge < -0.3 is 0 Å². The average molecular weight is 230 g/mol. The molecule has 0 radical (unpaired) electrons. The van der Waals surface area contributed by atoms with Crippen molar-refractivity contribution in [3.63, 3.8) is 0 Å². The summed E-state index contributed by atoms with van der Waals surface area (Å²) in [6.07, 6.45) is 0. The normalized spacial score (nSPS) is 8.00. The maximum absolute atomic E-state index is 9.34. The van der Waals surface area contributed by atoms with Crippen molar-refractivity contribution in [3.8, 4) is 0 Å². The Morgan fingerprint density at radius 1 is 0.857 bits per heavy atom. The van der Waals surface area contributed by atoms with E-state index in [0.717, 1.165) is 0 Å². The van der Waals surface area contributed by atoms with Gasteiger partial charge in [-0.2, -0.15) is 0 Å². The van der Waals surface area contributed by atoms with Crippen molar-refractivity contribution in [3.05, 3.63) is 0 Å². The second-order valence-corrected chi connectivity index (χ2v) is 4.53. The first-order valence-electron chi connectivity index (χ1n) is 1.10. The zero-order valence-electron chi connectivity index (χ0n) is 2.94. The van der Waals surface area contributed by atoms with E-state index in [1.165, 1.54) is 0 Å². The minimum atomic E-state index is -3.84. The Labute approximate surface area is 47.8 Å². The molecule has 0 aliphatic heterocycles. The van der Waals surface area contributed by atoms with Gasteiger partial charge in [-0.05, 0) is 0 Å². The van der Waals surface area contributed by atoms with Gasteiger partial charge in [0.1, 0.15) is 0 Å². The first-order chi connectivity index (χ1) is 3.13. The van der Waals surface area contributed by atoms with Gasteiger partial charge in [0, 0.05) is 0 Å². The molecule has 0 rings (SSSR count). The quantitative estimate of drug-likeness (QED) is 0.550. The van der Waals surface area contributed by atoms with Crippen LogP contribution in [0.15, 0.2) is 0 Å². The van der Waals surface area contributed by atoms with Crippen LogP contribution >= 0.6 is 0 Å². The summed E-state index contributed by atoms with van der Waals surface area (Å²) in [6, 6.07) is 0. The van der Waals surface area contributed by atoms with Gasteiger partial charge in [-0.1, -0.05) is 0 Å². The molecule has 0 aromatic rings. The van der Waals surface area contributed by atoms with Gasteiger partial charge in [-0.15, -0.1) is 0 Å². The van der Waals surface area contributed by atoms with Crippen LogP contribution in [0.25, 0.3) is 0 Å². The Hall–Kier alpha value is 0.277. The van der Waals surface area contributed by atoms with Crippen LogP contribution in [-0.4, -0.2) is 29.7 Å². The Kier molecular flexibility index (Phi) is 3.43. The van der Waals surface area contributed by atoms with Gasteiger partial charge in [0.05, 0.1) is 0 Å². The van der Waals surface area contributed by atoms with E-state index in [0.29, 0.717) is 0 Å². The predicted octanol–water partition coefficient (Wildman–Crippen LogP) is -1.31. The van der Waals surface area contributed by atoms with Gasteiger partial charge in [-0.3, -0.25) is 0 Å². The van der Waals surface area contributed by atoms with Crippen LogP contribution in [0.2, 0.25) is 0 Å². The summed E-state index contributed by atoms with van der Waals surface area (Å²) in [5, 5.41) is 0. The van der Waals surface area contributed by atoms with Crippen LogP contribution in [0, 0.1) is 0 Å². The first-order valence-corrected chi connectivity index (χ1v) is 5.69. The molecule has 40 valence electrons. The van der Waals surface area contributed by atoms with Gasteiger partial charge in [0.15, 0.2) is 0 Å².